The second-order valence-electron chi connectivity index (χ2n) is 5.64. The van der Waals surface area contributed by atoms with Crippen LogP contribution in [-0.4, -0.2) is 15.9 Å². The molecule has 26 heavy (non-hydrogen) atoms. The molecule has 0 fully saturated rings. The first-order chi connectivity index (χ1) is 12.5. The molecule has 5 nitrogen and oxygen atoms in total. The number of nitrogens with zero attached hydrogens (tertiary/aromatic N) is 2. The molecular weight excluding hydrogens is 371 g/mol. The zero-order valence-electron chi connectivity index (χ0n) is 14.0. The lowest BCUT2D eigenvalue weighted by atomic mass is 10.2. The Hall–Kier alpha value is -2.63. The highest BCUT2D eigenvalue weighted by Gasteiger charge is 2.11. The van der Waals surface area contributed by atoms with Gasteiger partial charge in [-0.2, -0.15) is 0 Å². The highest BCUT2D eigenvalue weighted by molar-refractivity contribution is 6.36. The van der Waals surface area contributed by atoms with Crippen LogP contribution in [0.15, 0.2) is 54.6 Å². The molecule has 0 saturated heterocycles. The molecule has 132 valence electrons. The number of rotatable bonds is 5. The first kappa shape index (κ1) is 18.2. The van der Waals surface area contributed by atoms with Crippen LogP contribution in [0.3, 0.4) is 0 Å². The van der Waals surface area contributed by atoms with Gasteiger partial charge in [-0.25, -0.2) is 9.97 Å². The highest BCUT2D eigenvalue weighted by atomic mass is 35.5. The number of aryl methyl sites for hydroxylation is 1. The zero-order valence-corrected chi connectivity index (χ0v) is 15.5. The number of nitrogens with one attached hydrogen (secondary N) is 2. The van der Waals surface area contributed by atoms with Gasteiger partial charge >= 0.3 is 0 Å². The molecule has 0 aliphatic rings. The van der Waals surface area contributed by atoms with Gasteiger partial charge in [-0.3, -0.25) is 4.79 Å². The van der Waals surface area contributed by atoms with Gasteiger partial charge in [-0.15, -0.1) is 0 Å². The maximum atomic E-state index is 12.4. The summed E-state index contributed by atoms with van der Waals surface area (Å²) in [5.74, 6) is 0.0173. The highest BCUT2D eigenvalue weighted by Crippen LogP contribution is 2.27. The van der Waals surface area contributed by atoms with Crippen molar-refractivity contribution in [3.8, 4) is 0 Å². The van der Waals surface area contributed by atoms with E-state index in [2.05, 4.69) is 20.6 Å². The molecule has 2 aromatic carbocycles. The van der Waals surface area contributed by atoms with E-state index in [0.29, 0.717) is 33.9 Å². The number of aromatic nitrogens is 2. The van der Waals surface area contributed by atoms with Crippen LogP contribution >= 0.6 is 23.2 Å². The molecule has 7 heteroatoms. The molecular formula is C19H16Cl2N4O. The van der Waals surface area contributed by atoms with Gasteiger partial charge in [0.05, 0.1) is 10.7 Å². The normalized spacial score (nSPS) is 10.4. The quantitative estimate of drug-likeness (QED) is 0.662. The summed E-state index contributed by atoms with van der Waals surface area (Å²) < 4.78 is 0. The molecule has 0 bridgehead atoms. The Labute approximate surface area is 161 Å². The van der Waals surface area contributed by atoms with E-state index in [-0.39, 0.29) is 11.6 Å². The van der Waals surface area contributed by atoms with Crippen molar-refractivity contribution in [3.63, 3.8) is 0 Å². The molecule has 0 unspecified atom stereocenters. The maximum Gasteiger partial charge on any atom is 0.270 e. The summed E-state index contributed by atoms with van der Waals surface area (Å²) in [5.41, 5.74) is 2.56. The lowest BCUT2D eigenvalue weighted by Gasteiger charge is -2.10. The average molecular weight is 387 g/mol. The predicted molar refractivity (Wildman–Crippen MR) is 104 cm³/mol. The number of hydrogen-bond donors (Lipinski definition) is 2. The van der Waals surface area contributed by atoms with E-state index >= 15 is 0 Å². The molecule has 0 spiro atoms. The van der Waals surface area contributed by atoms with Gasteiger partial charge in [0.1, 0.15) is 5.69 Å². The average Bonchev–Trinajstić information content (AvgIpc) is 2.62. The lowest BCUT2D eigenvalue weighted by Crippen LogP contribution is -2.24. The molecule has 0 radical (unpaired) electrons. The fraction of sp³-hybridized carbons (Fsp3) is 0.105. The molecule has 3 aromatic rings. The van der Waals surface area contributed by atoms with Gasteiger partial charge in [0.15, 0.2) is 0 Å². The SMILES string of the molecule is Cc1cc(C(=O)NCc2ccccc2)nc(Nc2ccc(Cl)cc2Cl)n1. The number of carbonyl (C=O) groups is 1. The van der Waals surface area contributed by atoms with Crippen molar-refractivity contribution in [2.24, 2.45) is 0 Å². The molecule has 1 aromatic heterocycles. The minimum Gasteiger partial charge on any atom is -0.347 e. The number of hydrogen-bond acceptors (Lipinski definition) is 4. The fourth-order valence-electron chi connectivity index (χ4n) is 2.32. The monoisotopic (exact) mass is 386 g/mol. The second-order valence-corrected chi connectivity index (χ2v) is 6.48. The zero-order chi connectivity index (χ0) is 18.5. The Balaban J connectivity index is 1.75. The van der Waals surface area contributed by atoms with Gasteiger partial charge in [-0.05, 0) is 36.8 Å². The van der Waals surface area contributed by atoms with Crippen LogP contribution in [0.5, 0.6) is 0 Å². The van der Waals surface area contributed by atoms with Crippen molar-refractivity contribution in [2.45, 2.75) is 13.5 Å². The van der Waals surface area contributed by atoms with Crippen molar-refractivity contribution in [3.05, 3.63) is 81.6 Å². The van der Waals surface area contributed by atoms with E-state index in [0.717, 1.165) is 5.56 Å². The minimum atomic E-state index is -0.274. The lowest BCUT2D eigenvalue weighted by molar-refractivity contribution is 0.0945. The van der Waals surface area contributed by atoms with E-state index in [9.17, 15) is 4.79 Å². The second kappa shape index (κ2) is 8.17. The summed E-state index contributed by atoms with van der Waals surface area (Å²) in [6, 6.07) is 16.4. The molecule has 0 aliphatic carbocycles. The first-order valence-electron chi connectivity index (χ1n) is 7.91. The Kier molecular flexibility index (Phi) is 5.71. The summed E-state index contributed by atoms with van der Waals surface area (Å²) in [5, 5.41) is 6.84. The van der Waals surface area contributed by atoms with E-state index in [1.807, 2.05) is 30.3 Å². The van der Waals surface area contributed by atoms with E-state index in [1.165, 1.54) is 0 Å². The Morgan fingerprint density at radius 1 is 1.04 bits per heavy atom. The number of carbonyl (C=O) groups excluding carboxylic acids is 1. The number of benzene rings is 2. The summed E-state index contributed by atoms with van der Waals surface area (Å²) in [6.07, 6.45) is 0. The summed E-state index contributed by atoms with van der Waals surface area (Å²) >= 11 is 12.1. The van der Waals surface area contributed by atoms with Crippen molar-refractivity contribution in [1.29, 1.82) is 0 Å². The van der Waals surface area contributed by atoms with Crippen molar-refractivity contribution >= 4 is 40.7 Å². The van der Waals surface area contributed by atoms with Gasteiger partial charge in [0.2, 0.25) is 5.95 Å². The summed E-state index contributed by atoms with van der Waals surface area (Å²) in [4.78, 5) is 21.0. The molecule has 2 N–H and O–H groups in total. The van der Waals surface area contributed by atoms with Crippen LogP contribution < -0.4 is 10.6 Å². The van der Waals surface area contributed by atoms with Crippen molar-refractivity contribution in [2.75, 3.05) is 5.32 Å². The van der Waals surface area contributed by atoms with Gasteiger partial charge < -0.3 is 10.6 Å². The van der Waals surface area contributed by atoms with Crippen molar-refractivity contribution in [1.82, 2.24) is 15.3 Å². The Bertz CT molecular complexity index is 932. The minimum absolute atomic E-state index is 0.274. The molecule has 0 saturated carbocycles. The molecule has 0 aliphatic heterocycles. The third kappa shape index (κ3) is 4.71. The van der Waals surface area contributed by atoms with Gasteiger partial charge in [0.25, 0.3) is 5.91 Å². The summed E-state index contributed by atoms with van der Waals surface area (Å²) in [7, 11) is 0. The van der Waals surface area contributed by atoms with E-state index < -0.39 is 0 Å². The van der Waals surface area contributed by atoms with Crippen LogP contribution in [0.25, 0.3) is 0 Å². The summed E-state index contributed by atoms with van der Waals surface area (Å²) in [6.45, 7) is 2.22. The van der Waals surface area contributed by atoms with E-state index in [4.69, 9.17) is 23.2 Å². The van der Waals surface area contributed by atoms with Crippen LogP contribution in [0.2, 0.25) is 10.0 Å². The fourth-order valence-corrected chi connectivity index (χ4v) is 2.78. The molecule has 1 heterocycles. The van der Waals surface area contributed by atoms with Crippen LogP contribution in [0.4, 0.5) is 11.6 Å². The van der Waals surface area contributed by atoms with Gasteiger partial charge in [0, 0.05) is 17.3 Å². The van der Waals surface area contributed by atoms with Gasteiger partial charge in [-0.1, -0.05) is 53.5 Å². The Morgan fingerprint density at radius 2 is 1.81 bits per heavy atom. The van der Waals surface area contributed by atoms with Crippen LogP contribution in [0.1, 0.15) is 21.7 Å². The largest absolute Gasteiger partial charge is 0.347 e. The van der Waals surface area contributed by atoms with Crippen LogP contribution in [0, 0.1) is 6.92 Å². The Morgan fingerprint density at radius 3 is 2.54 bits per heavy atom. The van der Waals surface area contributed by atoms with Crippen LogP contribution in [-0.2, 0) is 6.54 Å². The standard InChI is InChI=1S/C19H16Cl2N4O/c1-12-9-17(18(26)22-11-13-5-3-2-4-6-13)25-19(23-12)24-16-8-7-14(20)10-15(16)21/h2-10H,11H2,1H3,(H,22,26)(H,23,24,25). The van der Waals surface area contributed by atoms with Crippen molar-refractivity contribution < 1.29 is 4.79 Å². The first-order valence-corrected chi connectivity index (χ1v) is 8.67. The third-order valence-corrected chi connectivity index (χ3v) is 4.11. The topological polar surface area (TPSA) is 66.9 Å². The number of anilines is 2. The number of halogens is 2. The molecule has 3 rings (SSSR count). The van der Waals surface area contributed by atoms with E-state index in [1.54, 1.807) is 31.2 Å². The third-order valence-electron chi connectivity index (χ3n) is 3.56. The molecule has 1 amide bonds. The number of amides is 1. The molecule has 0 atom stereocenters. The maximum absolute atomic E-state index is 12.4. The predicted octanol–water partition coefficient (Wildman–Crippen LogP) is 4.77. The smallest absolute Gasteiger partial charge is 0.270 e.